The topological polar surface area (TPSA) is 93.7 Å². The molecule has 0 spiro atoms. The van der Waals surface area contributed by atoms with Gasteiger partial charge in [0.05, 0.1) is 6.61 Å². The SMILES string of the molecule is CCOC(=O)C(NC(=O)[C@@H](NC(=O)OCc1ccccc1)C(C)C)=C(C)C. The van der Waals surface area contributed by atoms with Crippen molar-refractivity contribution in [2.45, 2.75) is 47.3 Å². The molecule has 1 aromatic carbocycles. The lowest BCUT2D eigenvalue weighted by molar-refractivity contribution is -0.140. The molecule has 0 aromatic heterocycles. The molecule has 0 aliphatic heterocycles. The summed E-state index contributed by atoms with van der Waals surface area (Å²) in [4.78, 5) is 36.7. The number of alkyl carbamates (subject to hydrolysis) is 1. The fourth-order valence-electron chi connectivity index (χ4n) is 2.21. The average molecular weight is 376 g/mol. The van der Waals surface area contributed by atoms with Gasteiger partial charge in [-0.2, -0.15) is 0 Å². The molecule has 0 saturated heterocycles. The van der Waals surface area contributed by atoms with Gasteiger partial charge in [-0.25, -0.2) is 9.59 Å². The predicted molar refractivity (Wildman–Crippen MR) is 102 cm³/mol. The van der Waals surface area contributed by atoms with Crippen LogP contribution in [-0.4, -0.2) is 30.6 Å². The molecule has 7 heteroatoms. The molecule has 0 bridgehead atoms. The van der Waals surface area contributed by atoms with Crippen LogP contribution in [0.3, 0.4) is 0 Å². The Morgan fingerprint density at radius 2 is 1.67 bits per heavy atom. The molecule has 2 amide bonds. The Hall–Kier alpha value is -2.83. The van der Waals surface area contributed by atoms with E-state index in [-0.39, 0.29) is 24.8 Å². The summed E-state index contributed by atoms with van der Waals surface area (Å²) in [7, 11) is 0. The van der Waals surface area contributed by atoms with Crippen molar-refractivity contribution in [2.75, 3.05) is 6.61 Å². The van der Waals surface area contributed by atoms with Crippen LogP contribution in [0.25, 0.3) is 0 Å². The number of rotatable bonds is 8. The van der Waals surface area contributed by atoms with Crippen molar-refractivity contribution in [1.29, 1.82) is 0 Å². The molecule has 0 unspecified atom stereocenters. The number of amides is 2. The van der Waals surface area contributed by atoms with Gasteiger partial charge in [-0.05, 0) is 37.8 Å². The fraction of sp³-hybridized carbons (Fsp3) is 0.450. The van der Waals surface area contributed by atoms with Crippen molar-refractivity contribution in [3.05, 3.63) is 47.2 Å². The van der Waals surface area contributed by atoms with Crippen LogP contribution < -0.4 is 10.6 Å². The Labute approximate surface area is 160 Å². The minimum absolute atomic E-state index is 0.0759. The summed E-state index contributed by atoms with van der Waals surface area (Å²) in [6.07, 6.45) is -0.706. The van der Waals surface area contributed by atoms with E-state index in [2.05, 4.69) is 10.6 Å². The highest BCUT2D eigenvalue weighted by molar-refractivity contribution is 5.96. The molecule has 0 saturated carbocycles. The highest BCUT2D eigenvalue weighted by Crippen LogP contribution is 2.08. The summed E-state index contributed by atoms with van der Waals surface area (Å²) < 4.78 is 10.1. The van der Waals surface area contributed by atoms with Gasteiger partial charge < -0.3 is 20.1 Å². The largest absolute Gasteiger partial charge is 0.461 e. The molecule has 1 aromatic rings. The second-order valence-electron chi connectivity index (χ2n) is 6.51. The quantitative estimate of drug-likeness (QED) is 0.537. The molecule has 27 heavy (non-hydrogen) atoms. The third-order valence-corrected chi connectivity index (χ3v) is 3.66. The summed E-state index contributed by atoms with van der Waals surface area (Å²) in [5.41, 5.74) is 1.52. The van der Waals surface area contributed by atoms with Gasteiger partial charge in [0.15, 0.2) is 0 Å². The van der Waals surface area contributed by atoms with Crippen LogP contribution >= 0.6 is 0 Å². The monoisotopic (exact) mass is 376 g/mol. The molecule has 0 fully saturated rings. The van der Waals surface area contributed by atoms with Gasteiger partial charge >= 0.3 is 12.1 Å². The second-order valence-corrected chi connectivity index (χ2v) is 6.51. The van der Waals surface area contributed by atoms with E-state index in [1.54, 1.807) is 34.6 Å². The summed E-state index contributed by atoms with van der Waals surface area (Å²) in [6, 6.07) is 8.36. The lowest BCUT2D eigenvalue weighted by Gasteiger charge is -2.22. The summed E-state index contributed by atoms with van der Waals surface area (Å²) in [6.45, 7) is 8.94. The van der Waals surface area contributed by atoms with Gasteiger partial charge in [0.25, 0.3) is 0 Å². The van der Waals surface area contributed by atoms with Crippen molar-refractivity contribution in [3.63, 3.8) is 0 Å². The Morgan fingerprint density at radius 1 is 1.04 bits per heavy atom. The van der Waals surface area contributed by atoms with Crippen LogP contribution in [-0.2, 0) is 25.7 Å². The molecule has 148 valence electrons. The molecule has 0 aliphatic carbocycles. The molecular weight excluding hydrogens is 348 g/mol. The molecule has 7 nitrogen and oxygen atoms in total. The zero-order valence-electron chi connectivity index (χ0n) is 16.5. The van der Waals surface area contributed by atoms with E-state index in [1.807, 2.05) is 30.3 Å². The van der Waals surface area contributed by atoms with Crippen molar-refractivity contribution < 1.29 is 23.9 Å². The maximum absolute atomic E-state index is 12.6. The lowest BCUT2D eigenvalue weighted by atomic mass is 10.0. The predicted octanol–water partition coefficient (Wildman–Crippen LogP) is 2.91. The van der Waals surface area contributed by atoms with Crippen LogP contribution in [0, 0.1) is 5.92 Å². The Balaban J connectivity index is 2.73. The lowest BCUT2D eigenvalue weighted by Crippen LogP contribution is -2.50. The number of ether oxygens (including phenoxy) is 2. The zero-order chi connectivity index (χ0) is 20.4. The number of allylic oxidation sites excluding steroid dienone is 1. The summed E-state index contributed by atoms with van der Waals surface area (Å²) in [5.74, 6) is -1.33. The first-order valence-corrected chi connectivity index (χ1v) is 8.88. The Kier molecular flexibility index (Phi) is 9.05. The van der Waals surface area contributed by atoms with Crippen molar-refractivity contribution >= 4 is 18.0 Å². The van der Waals surface area contributed by atoms with Gasteiger partial charge in [0.2, 0.25) is 5.91 Å². The van der Waals surface area contributed by atoms with Gasteiger partial charge in [-0.15, -0.1) is 0 Å². The van der Waals surface area contributed by atoms with Crippen LogP contribution in [0.4, 0.5) is 4.79 Å². The first-order chi connectivity index (χ1) is 12.8. The molecule has 1 atom stereocenters. The number of carbonyl (C=O) groups excluding carboxylic acids is 3. The minimum atomic E-state index is -0.864. The number of benzene rings is 1. The third-order valence-electron chi connectivity index (χ3n) is 3.66. The number of esters is 1. The average Bonchev–Trinajstić information content (AvgIpc) is 2.62. The highest BCUT2D eigenvalue weighted by atomic mass is 16.5. The van der Waals surface area contributed by atoms with Gasteiger partial charge in [0.1, 0.15) is 18.3 Å². The van der Waals surface area contributed by atoms with E-state index in [9.17, 15) is 14.4 Å². The first kappa shape index (κ1) is 22.2. The van der Waals surface area contributed by atoms with E-state index in [1.165, 1.54) is 0 Å². The molecule has 0 heterocycles. The van der Waals surface area contributed by atoms with E-state index in [0.29, 0.717) is 5.57 Å². The van der Waals surface area contributed by atoms with Crippen LogP contribution in [0.2, 0.25) is 0 Å². The van der Waals surface area contributed by atoms with Crippen molar-refractivity contribution in [3.8, 4) is 0 Å². The summed E-state index contributed by atoms with van der Waals surface area (Å²) in [5, 5.41) is 5.11. The fourth-order valence-corrected chi connectivity index (χ4v) is 2.21. The number of carbonyl (C=O) groups is 3. The van der Waals surface area contributed by atoms with Crippen LogP contribution in [0.15, 0.2) is 41.6 Å². The number of nitrogens with one attached hydrogen (secondary N) is 2. The minimum Gasteiger partial charge on any atom is -0.461 e. The second kappa shape index (κ2) is 11.0. The van der Waals surface area contributed by atoms with E-state index in [4.69, 9.17) is 9.47 Å². The molecular formula is C20H28N2O5. The maximum Gasteiger partial charge on any atom is 0.408 e. The van der Waals surface area contributed by atoms with E-state index < -0.39 is 24.0 Å². The summed E-state index contributed by atoms with van der Waals surface area (Å²) >= 11 is 0. The van der Waals surface area contributed by atoms with Crippen LogP contribution in [0.1, 0.15) is 40.2 Å². The first-order valence-electron chi connectivity index (χ1n) is 8.88. The normalized spacial score (nSPS) is 11.3. The third kappa shape index (κ3) is 7.52. The number of hydrogen-bond acceptors (Lipinski definition) is 5. The zero-order valence-corrected chi connectivity index (χ0v) is 16.5. The number of hydrogen-bond donors (Lipinski definition) is 2. The van der Waals surface area contributed by atoms with Crippen molar-refractivity contribution in [2.24, 2.45) is 5.92 Å². The standard InChI is InChI=1S/C20H28N2O5/c1-6-26-19(24)17(14(4)5)21-18(23)16(13(2)3)22-20(25)27-12-15-10-8-7-9-11-15/h7-11,13,16H,6,12H2,1-5H3,(H,21,23)(H,22,25)/t16-/m0/s1. The Morgan fingerprint density at radius 3 is 2.19 bits per heavy atom. The molecule has 1 rings (SSSR count). The smallest absolute Gasteiger partial charge is 0.408 e. The Bertz CT molecular complexity index is 679. The van der Waals surface area contributed by atoms with E-state index in [0.717, 1.165) is 5.56 Å². The molecule has 2 N–H and O–H groups in total. The van der Waals surface area contributed by atoms with Gasteiger partial charge in [-0.1, -0.05) is 44.2 Å². The van der Waals surface area contributed by atoms with Gasteiger partial charge in [-0.3, -0.25) is 4.79 Å². The van der Waals surface area contributed by atoms with E-state index >= 15 is 0 Å². The molecule has 0 radical (unpaired) electrons. The van der Waals surface area contributed by atoms with Crippen LogP contribution in [0.5, 0.6) is 0 Å². The van der Waals surface area contributed by atoms with Crippen molar-refractivity contribution in [1.82, 2.24) is 10.6 Å². The highest BCUT2D eigenvalue weighted by Gasteiger charge is 2.27. The maximum atomic E-state index is 12.6. The molecule has 0 aliphatic rings. The van der Waals surface area contributed by atoms with Gasteiger partial charge in [0, 0.05) is 0 Å².